The molecular weight excluding hydrogens is 236 g/mol. The van der Waals surface area contributed by atoms with Gasteiger partial charge in [-0.1, -0.05) is 59.7 Å². The minimum atomic E-state index is -0.396. The molecule has 0 unspecified atom stereocenters. The molecule has 0 saturated carbocycles. The Morgan fingerprint density at radius 3 is 2.00 bits per heavy atom. The second-order valence-corrected chi connectivity index (χ2v) is 7.13. The second-order valence-electron chi connectivity index (χ2n) is 7.13. The molecule has 19 heavy (non-hydrogen) atoms. The zero-order valence-electron chi connectivity index (χ0n) is 12.8. The maximum absolute atomic E-state index is 12.2. The van der Waals surface area contributed by atoms with Crippen LogP contribution in [0.3, 0.4) is 0 Å². The van der Waals surface area contributed by atoms with Crippen LogP contribution in [-0.2, 0) is 11.2 Å². The van der Waals surface area contributed by atoms with E-state index in [1.54, 1.807) is 0 Å². The Hall–Kier alpha value is -1.44. The van der Waals surface area contributed by atoms with Crippen LogP contribution < -0.4 is 0 Å². The predicted octanol–water partition coefficient (Wildman–Crippen LogP) is 4.07. The number of carbonyl (C=O) groups excluding carboxylic acids is 2. The van der Waals surface area contributed by atoms with Gasteiger partial charge < -0.3 is 0 Å². The van der Waals surface area contributed by atoms with E-state index in [-0.39, 0.29) is 17.0 Å². The smallest absolute Gasteiger partial charge is 0.168 e. The van der Waals surface area contributed by atoms with Crippen LogP contribution in [0.25, 0.3) is 0 Å². The SMILES string of the molecule is CC(C)(C)C(=O)Cc1cccc(C(=O)C(C)(C)C)c1. The van der Waals surface area contributed by atoms with Crippen molar-refractivity contribution in [1.82, 2.24) is 0 Å². The summed E-state index contributed by atoms with van der Waals surface area (Å²) in [5.41, 5.74) is 0.859. The number of hydrogen-bond donors (Lipinski definition) is 0. The molecule has 0 saturated heterocycles. The molecule has 1 rings (SSSR count). The van der Waals surface area contributed by atoms with Crippen molar-refractivity contribution in [3.63, 3.8) is 0 Å². The summed E-state index contributed by atoms with van der Waals surface area (Å²) in [6.45, 7) is 11.5. The van der Waals surface area contributed by atoms with Crippen LogP contribution in [0.15, 0.2) is 24.3 Å². The lowest BCUT2D eigenvalue weighted by molar-refractivity contribution is -0.125. The molecule has 0 N–H and O–H groups in total. The zero-order valence-corrected chi connectivity index (χ0v) is 12.8. The third kappa shape index (κ3) is 4.30. The predicted molar refractivity (Wildman–Crippen MR) is 78.4 cm³/mol. The maximum atomic E-state index is 12.2. The highest BCUT2D eigenvalue weighted by atomic mass is 16.1. The molecule has 0 aliphatic rings. The van der Waals surface area contributed by atoms with Crippen LogP contribution in [-0.4, -0.2) is 11.6 Å². The van der Waals surface area contributed by atoms with Crippen molar-refractivity contribution in [3.05, 3.63) is 35.4 Å². The molecule has 0 bridgehead atoms. The minimum Gasteiger partial charge on any atom is -0.299 e. The Kier molecular flexibility index (Phi) is 4.34. The van der Waals surface area contributed by atoms with Crippen LogP contribution in [0.4, 0.5) is 0 Å². The van der Waals surface area contributed by atoms with Crippen molar-refractivity contribution in [3.8, 4) is 0 Å². The van der Waals surface area contributed by atoms with Crippen molar-refractivity contribution < 1.29 is 9.59 Å². The summed E-state index contributed by atoms with van der Waals surface area (Å²) in [5.74, 6) is 0.297. The van der Waals surface area contributed by atoms with Gasteiger partial charge in [0.05, 0.1) is 0 Å². The fourth-order valence-electron chi connectivity index (χ4n) is 1.71. The lowest BCUT2D eigenvalue weighted by Gasteiger charge is -2.18. The first kappa shape index (κ1) is 15.6. The normalized spacial score (nSPS) is 12.3. The fraction of sp³-hybridized carbons (Fsp3) is 0.529. The summed E-state index contributed by atoms with van der Waals surface area (Å²) in [5, 5.41) is 0. The summed E-state index contributed by atoms with van der Waals surface area (Å²) in [6, 6.07) is 7.42. The number of hydrogen-bond acceptors (Lipinski definition) is 2. The van der Waals surface area contributed by atoms with Gasteiger partial charge in [-0.25, -0.2) is 0 Å². The maximum Gasteiger partial charge on any atom is 0.168 e. The van der Waals surface area contributed by atoms with E-state index in [0.29, 0.717) is 12.0 Å². The topological polar surface area (TPSA) is 34.1 Å². The molecule has 0 amide bonds. The van der Waals surface area contributed by atoms with Crippen molar-refractivity contribution in [1.29, 1.82) is 0 Å². The van der Waals surface area contributed by atoms with Crippen LogP contribution in [0, 0.1) is 10.8 Å². The van der Waals surface area contributed by atoms with Gasteiger partial charge in [0.25, 0.3) is 0 Å². The van der Waals surface area contributed by atoms with E-state index in [9.17, 15) is 9.59 Å². The third-order valence-electron chi connectivity index (χ3n) is 3.07. The Morgan fingerprint density at radius 2 is 1.53 bits per heavy atom. The van der Waals surface area contributed by atoms with Crippen molar-refractivity contribution in [2.24, 2.45) is 10.8 Å². The monoisotopic (exact) mass is 260 g/mol. The summed E-state index contributed by atoms with van der Waals surface area (Å²) >= 11 is 0. The molecular formula is C17H24O2. The lowest BCUT2D eigenvalue weighted by atomic mass is 9.84. The number of Topliss-reactive ketones (excluding diaryl/α,β-unsaturated/α-hetero) is 2. The molecule has 2 nitrogen and oxygen atoms in total. The first-order valence-corrected chi connectivity index (χ1v) is 6.69. The molecule has 0 fully saturated rings. The van der Waals surface area contributed by atoms with E-state index in [1.807, 2.05) is 65.8 Å². The van der Waals surface area contributed by atoms with Crippen LogP contribution >= 0.6 is 0 Å². The van der Waals surface area contributed by atoms with Gasteiger partial charge in [0.2, 0.25) is 0 Å². The first-order valence-electron chi connectivity index (χ1n) is 6.69. The van der Waals surface area contributed by atoms with E-state index < -0.39 is 5.41 Å². The molecule has 2 heteroatoms. The Morgan fingerprint density at radius 1 is 0.947 bits per heavy atom. The Balaban J connectivity index is 2.96. The van der Waals surface area contributed by atoms with Gasteiger partial charge in [-0.2, -0.15) is 0 Å². The molecule has 0 aliphatic carbocycles. The molecule has 1 aromatic carbocycles. The van der Waals surface area contributed by atoms with Crippen molar-refractivity contribution in [2.75, 3.05) is 0 Å². The number of ketones is 2. The summed E-state index contributed by atoms with van der Waals surface area (Å²) in [6.07, 6.45) is 0.384. The van der Waals surface area contributed by atoms with Gasteiger partial charge in [0.1, 0.15) is 5.78 Å². The molecule has 104 valence electrons. The average molecular weight is 260 g/mol. The van der Waals surface area contributed by atoms with Crippen molar-refractivity contribution >= 4 is 11.6 Å². The van der Waals surface area contributed by atoms with E-state index >= 15 is 0 Å². The summed E-state index contributed by atoms with van der Waals surface area (Å²) in [7, 11) is 0. The molecule has 0 spiro atoms. The highest BCUT2D eigenvalue weighted by molar-refractivity contribution is 6.00. The molecule has 1 aromatic rings. The molecule has 0 aliphatic heterocycles. The Bertz CT molecular complexity index is 485. The number of rotatable bonds is 3. The first-order chi connectivity index (χ1) is 8.51. The standard InChI is InChI=1S/C17H24O2/c1-16(2,3)14(18)11-12-8-7-9-13(10-12)15(19)17(4,5)6/h7-10H,11H2,1-6H3. The molecule has 0 aromatic heterocycles. The quantitative estimate of drug-likeness (QED) is 0.768. The third-order valence-corrected chi connectivity index (χ3v) is 3.07. The lowest BCUT2D eigenvalue weighted by Crippen LogP contribution is -2.23. The highest BCUT2D eigenvalue weighted by Crippen LogP contribution is 2.23. The molecule has 0 heterocycles. The molecule has 0 radical (unpaired) electrons. The highest BCUT2D eigenvalue weighted by Gasteiger charge is 2.24. The van der Waals surface area contributed by atoms with Gasteiger partial charge >= 0.3 is 0 Å². The summed E-state index contributed by atoms with van der Waals surface area (Å²) in [4.78, 5) is 24.2. The summed E-state index contributed by atoms with van der Waals surface area (Å²) < 4.78 is 0. The minimum absolute atomic E-state index is 0.109. The van der Waals surface area contributed by atoms with E-state index in [2.05, 4.69) is 0 Å². The average Bonchev–Trinajstić information content (AvgIpc) is 2.26. The Labute approximate surface area is 116 Å². The van der Waals surface area contributed by atoms with Crippen LogP contribution in [0.1, 0.15) is 57.5 Å². The van der Waals surface area contributed by atoms with E-state index in [4.69, 9.17) is 0 Å². The van der Waals surface area contributed by atoms with Crippen molar-refractivity contribution in [2.45, 2.75) is 48.0 Å². The number of benzene rings is 1. The van der Waals surface area contributed by atoms with Crippen LogP contribution in [0.5, 0.6) is 0 Å². The van der Waals surface area contributed by atoms with Gasteiger partial charge in [0, 0.05) is 22.8 Å². The van der Waals surface area contributed by atoms with Gasteiger partial charge in [-0.15, -0.1) is 0 Å². The second kappa shape index (κ2) is 5.28. The van der Waals surface area contributed by atoms with E-state index in [0.717, 1.165) is 5.56 Å². The van der Waals surface area contributed by atoms with Crippen LogP contribution in [0.2, 0.25) is 0 Å². The van der Waals surface area contributed by atoms with E-state index in [1.165, 1.54) is 0 Å². The number of carbonyl (C=O) groups is 2. The van der Waals surface area contributed by atoms with Gasteiger partial charge in [0.15, 0.2) is 5.78 Å². The largest absolute Gasteiger partial charge is 0.299 e. The van der Waals surface area contributed by atoms with Gasteiger partial charge in [-0.05, 0) is 11.6 Å². The zero-order chi connectivity index (χ0) is 14.8. The fourth-order valence-corrected chi connectivity index (χ4v) is 1.71. The molecule has 0 atom stereocenters. The van der Waals surface area contributed by atoms with Gasteiger partial charge in [-0.3, -0.25) is 9.59 Å².